The van der Waals surface area contributed by atoms with Crippen LogP contribution in [0.3, 0.4) is 0 Å². The number of aromatic nitrogens is 3. The fraction of sp³-hybridized carbons (Fsp3) is 0.233. The van der Waals surface area contributed by atoms with Gasteiger partial charge in [0, 0.05) is 29.1 Å². The molecule has 0 atom stereocenters. The van der Waals surface area contributed by atoms with Gasteiger partial charge >= 0.3 is 5.97 Å². The molecule has 1 aliphatic rings. The molecule has 0 saturated heterocycles. The van der Waals surface area contributed by atoms with Gasteiger partial charge in [0.1, 0.15) is 0 Å². The molecule has 0 spiro atoms. The van der Waals surface area contributed by atoms with Gasteiger partial charge in [0.25, 0.3) is 5.91 Å². The summed E-state index contributed by atoms with van der Waals surface area (Å²) >= 11 is 0. The van der Waals surface area contributed by atoms with Gasteiger partial charge in [-0.25, -0.2) is 4.79 Å². The highest BCUT2D eigenvalue weighted by Crippen LogP contribution is 2.29. The number of carbonyl (C=O) groups excluding carboxylic acids is 2. The largest absolute Gasteiger partial charge is 0.478 e. The second-order valence-corrected chi connectivity index (χ2v) is 9.87. The molecule has 0 aliphatic heterocycles. The monoisotopic (exact) mass is 539 g/mol. The number of carboxylic acids is 1. The lowest BCUT2D eigenvalue weighted by Gasteiger charge is -2.31. The quantitative estimate of drug-likeness (QED) is 0.243. The Morgan fingerprint density at radius 3 is 2.55 bits per heavy atom. The molecule has 1 fully saturated rings. The number of hydrogen-bond donors (Lipinski definition) is 4. The minimum Gasteiger partial charge on any atom is -0.478 e. The third-order valence-corrected chi connectivity index (χ3v) is 7.07. The molecule has 5 rings (SSSR count). The van der Waals surface area contributed by atoms with Crippen LogP contribution in [0.1, 0.15) is 47.2 Å². The topological polar surface area (TPSA) is 149 Å². The summed E-state index contributed by atoms with van der Waals surface area (Å²) in [4.78, 5) is 43.5. The van der Waals surface area contributed by atoms with Crippen molar-refractivity contribution < 1.29 is 24.6 Å². The molecule has 0 radical (unpaired) electrons. The smallest absolute Gasteiger partial charge is 0.328 e. The van der Waals surface area contributed by atoms with Gasteiger partial charge in [0.2, 0.25) is 5.91 Å². The Morgan fingerprint density at radius 1 is 1.02 bits per heavy atom. The Balaban J connectivity index is 1.36. The number of carbonyl (C=O) groups is 3. The van der Waals surface area contributed by atoms with E-state index < -0.39 is 5.97 Å². The van der Waals surface area contributed by atoms with E-state index in [9.17, 15) is 19.5 Å². The van der Waals surface area contributed by atoms with Crippen molar-refractivity contribution in [1.29, 1.82) is 0 Å². The van der Waals surface area contributed by atoms with Crippen LogP contribution < -0.4 is 10.2 Å². The molecule has 1 saturated carbocycles. The molecular weight excluding hydrogens is 510 g/mol. The molecule has 10 nitrogen and oxygen atoms in total. The lowest BCUT2D eigenvalue weighted by molar-refractivity contribution is -0.131. The number of fused-ring (bicyclic) bond motifs is 1. The number of nitrogens with one attached hydrogen (secondary N) is 2. The number of benzene rings is 2. The zero-order valence-corrected chi connectivity index (χ0v) is 21.7. The molecule has 1 aliphatic carbocycles. The molecule has 0 bridgehead atoms. The Morgan fingerprint density at radius 2 is 1.80 bits per heavy atom. The molecule has 2 aromatic carbocycles. The predicted octanol–water partition coefficient (Wildman–Crippen LogP) is 4.39. The Hall–Kier alpha value is -4.83. The lowest BCUT2D eigenvalue weighted by Crippen LogP contribution is -2.38. The number of pyridine rings is 1. The van der Waals surface area contributed by atoms with E-state index in [-0.39, 0.29) is 30.4 Å². The molecule has 2 aromatic heterocycles. The second kappa shape index (κ2) is 11.9. The molecule has 2 amide bonds. The molecule has 2 heterocycles. The summed E-state index contributed by atoms with van der Waals surface area (Å²) in [6.07, 6.45) is 9.17. The number of amides is 2. The van der Waals surface area contributed by atoms with Crippen molar-refractivity contribution in [3.8, 4) is 0 Å². The number of H-pyrrole nitrogens is 1. The highest BCUT2D eigenvalue weighted by molar-refractivity contribution is 6.08. The van der Waals surface area contributed by atoms with Crippen LogP contribution >= 0.6 is 0 Å². The highest BCUT2D eigenvalue weighted by Gasteiger charge is 2.30. The summed E-state index contributed by atoms with van der Waals surface area (Å²) < 4.78 is 0. The fourth-order valence-electron chi connectivity index (χ4n) is 4.90. The second-order valence-electron chi connectivity index (χ2n) is 9.87. The van der Waals surface area contributed by atoms with Gasteiger partial charge in [0.05, 0.1) is 41.9 Å². The molecule has 10 heteroatoms. The van der Waals surface area contributed by atoms with E-state index in [4.69, 9.17) is 5.11 Å². The van der Waals surface area contributed by atoms with Crippen LogP contribution in [0.5, 0.6) is 0 Å². The van der Waals surface area contributed by atoms with E-state index in [0.717, 1.165) is 22.5 Å². The number of hydrogen-bond acceptors (Lipinski definition) is 6. The average molecular weight is 540 g/mol. The van der Waals surface area contributed by atoms with Crippen LogP contribution in [0.15, 0.2) is 73.2 Å². The van der Waals surface area contributed by atoms with Crippen LogP contribution in [-0.4, -0.2) is 49.3 Å². The maximum Gasteiger partial charge on any atom is 0.328 e. The Labute approximate surface area is 230 Å². The van der Waals surface area contributed by atoms with Crippen molar-refractivity contribution in [2.24, 2.45) is 5.92 Å². The van der Waals surface area contributed by atoms with Crippen molar-refractivity contribution in [1.82, 2.24) is 15.2 Å². The Kier molecular flexibility index (Phi) is 7.97. The van der Waals surface area contributed by atoms with Gasteiger partial charge in [0.15, 0.2) is 0 Å². The van der Waals surface area contributed by atoms with Crippen LogP contribution in [0.25, 0.3) is 17.0 Å². The zero-order valence-electron chi connectivity index (χ0n) is 21.7. The van der Waals surface area contributed by atoms with E-state index in [1.165, 1.54) is 12.3 Å². The minimum atomic E-state index is -1.08. The van der Waals surface area contributed by atoms with E-state index in [0.29, 0.717) is 48.2 Å². The van der Waals surface area contributed by atoms with Crippen molar-refractivity contribution in [3.63, 3.8) is 0 Å². The lowest BCUT2D eigenvalue weighted by atomic mass is 9.86. The van der Waals surface area contributed by atoms with Gasteiger partial charge in [-0.1, -0.05) is 24.3 Å². The maximum atomic E-state index is 13.7. The first-order chi connectivity index (χ1) is 19.4. The number of carboxylic acid groups (broad SMARTS) is 1. The molecular formula is C30H29N5O5. The van der Waals surface area contributed by atoms with Crippen LogP contribution in [0.4, 0.5) is 11.4 Å². The summed E-state index contributed by atoms with van der Waals surface area (Å²) in [6.45, 7) is 0.237. The van der Waals surface area contributed by atoms with Gasteiger partial charge in [-0.2, -0.15) is 5.10 Å². The first-order valence-electron chi connectivity index (χ1n) is 13.1. The van der Waals surface area contributed by atoms with Crippen molar-refractivity contribution in [2.75, 3.05) is 10.2 Å². The molecule has 0 unspecified atom stereocenters. The SMILES string of the molecule is O=C(O)C=Cc1cncc(N(Cc2ccc(C(=O)Nc3cccc4cn[nH]c34)cc2)C(=O)C2CCC(O)CC2)c1. The van der Waals surface area contributed by atoms with Crippen LogP contribution in [-0.2, 0) is 16.1 Å². The van der Waals surface area contributed by atoms with Gasteiger partial charge < -0.3 is 20.4 Å². The van der Waals surface area contributed by atoms with Crippen molar-refractivity contribution >= 4 is 46.1 Å². The fourth-order valence-corrected chi connectivity index (χ4v) is 4.90. The first-order valence-corrected chi connectivity index (χ1v) is 13.1. The third kappa shape index (κ3) is 6.24. The van der Waals surface area contributed by atoms with E-state index in [2.05, 4.69) is 20.5 Å². The Bertz CT molecular complexity index is 1550. The molecule has 4 aromatic rings. The van der Waals surface area contributed by atoms with Crippen LogP contribution in [0, 0.1) is 5.92 Å². The summed E-state index contributed by atoms with van der Waals surface area (Å²) in [5.41, 5.74) is 3.73. The predicted molar refractivity (Wildman–Crippen MR) is 151 cm³/mol. The molecule has 4 N–H and O–H groups in total. The van der Waals surface area contributed by atoms with E-state index in [1.807, 2.05) is 12.1 Å². The molecule has 40 heavy (non-hydrogen) atoms. The summed E-state index contributed by atoms with van der Waals surface area (Å²) in [5.74, 6) is -1.67. The normalized spacial score (nSPS) is 17.1. The van der Waals surface area contributed by atoms with Gasteiger partial charge in [-0.3, -0.25) is 19.7 Å². The maximum absolute atomic E-state index is 13.7. The zero-order chi connectivity index (χ0) is 28.1. The summed E-state index contributed by atoms with van der Waals surface area (Å²) in [5, 5.41) is 29.6. The molecule has 204 valence electrons. The number of aliphatic hydroxyl groups excluding tert-OH is 1. The van der Waals surface area contributed by atoms with Crippen molar-refractivity contribution in [2.45, 2.75) is 38.3 Å². The average Bonchev–Trinajstić information content (AvgIpc) is 3.45. The number of aliphatic carboxylic acids is 1. The van der Waals surface area contributed by atoms with Gasteiger partial charge in [-0.15, -0.1) is 0 Å². The standard InChI is InChI=1S/C30H29N5O5/c36-25-11-9-22(10-12-25)30(40)35(24-14-20(15-31-17-24)6-13-27(37)38)18-19-4-7-21(8-5-19)29(39)33-26-3-1-2-23-16-32-34-28(23)26/h1-8,13-17,22,25,36H,9-12,18H2,(H,32,34)(H,33,39)(H,37,38). The summed E-state index contributed by atoms with van der Waals surface area (Å²) in [7, 11) is 0. The van der Waals surface area contributed by atoms with E-state index in [1.54, 1.807) is 53.7 Å². The van der Waals surface area contributed by atoms with Crippen LogP contribution in [0.2, 0.25) is 0 Å². The summed E-state index contributed by atoms with van der Waals surface area (Å²) in [6, 6.07) is 14.3. The number of aliphatic hydroxyl groups is 1. The third-order valence-electron chi connectivity index (χ3n) is 7.07. The van der Waals surface area contributed by atoms with Crippen molar-refractivity contribution in [3.05, 3.63) is 89.9 Å². The number of nitrogens with zero attached hydrogens (tertiary/aromatic N) is 3. The van der Waals surface area contributed by atoms with Gasteiger partial charge in [-0.05, 0) is 67.2 Å². The number of rotatable bonds is 8. The highest BCUT2D eigenvalue weighted by atomic mass is 16.4. The first kappa shape index (κ1) is 26.8. The van der Waals surface area contributed by atoms with E-state index >= 15 is 0 Å². The number of para-hydroxylation sites is 1. The number of aromatic amines is 1. The minimum absolute atomic E-state index is 0.0810. The number of anilines is 2.